The number of guanidine groups is 1. The first-order valence-electron chi connectivity index (χ1n) is 8.84. The Morgan fingerprint density at radius 1 is 1.18 bits per heavy atom. The lowest BCUT2D eigenvalue weighted by molar-refractivity contribution is -0.127. The first-order chi connectivity index (χ1) is 13.0. The number of benzene rings is 1. The minimum atomic E-state index is -0.0228. The average Bonchev–Trinajstić information content (AvgIpc) is 3.18. The fourth-order valence-electron chi connectivity index (χ4n) is 2.43. The highest BCUT2D eigenvalue weighted by Gasteiger charge is 2.10. The third-order valence-electron chi connectivity index (χ3n) is 4.04. The molecule has 0 aliphatic heterocycles. The van der Waals surface area contributed by atoms with E-state index < -0.39 is 0 Å². The number of methoxy groups -OCH3 is 1. The van der Waals surface area contributed by atoms with Crippen LogP contribution in [0.25, 0.3) is 0 Å². The smallest absolute Gasteiger partial charge is 0.243 e. The van der Waals surface area contributed by atoms with Gasteiger partial charge in [-0.25, -0.2) is 4.99 Å². The minimum absolute atomic E-state index is 0. The number of ether oxygens (including phenoxy) is 1. The highest BCUT2D eigenvalue weighted by molar-refractivity contribution is 14.0. The number of hydrogen-bond donors (Lipinski definition) is 1. The number of aliphatic imine (C=N–C) groups is 1. The van der Waals surface area contributed by atoms with Crippen LogP contribution < -0.4 is 10.1 Å². The van der Waals surface area contributed by atoms with E-state index in [0.29, 0.717) is 6.54 Å². The SMILES string of the molecule is COc1ccc(CN(C)C(=NCC(=O)N(C)C)NCCc2cccs2)cc1.I. The van der Waals surface area contributed by atoms with E-state index in [1.165, 1.54) is 4.88 Å². The molecule has 0 aliphatic carbocycles. The summed E-state index contributed by atoms with van der Waals surface area (Å²) in [6.45, 7) is 1.58. The molecule has 0 saturated carbocycles. The Bertz CT molecular complexity index is 733. The Balaban J connectivity index is 0.00000392. The van der Waals surface area contributed by atoms with E-state index in [2.05, 4.69) is 27.8 Å². The quantitative estimate of drug-likeness (QED) is 0.333. The summed E-state index contributed by atoms with van der Waals surface area (Å²) in [4.78, 5) is 21.3. The molecule has 2 aromatic rings. The lowest BCUT2D eigenvalue weighted by atomic mass is 10.2. The molecule has 8 heteroatoms. The number of hydrogen-bond acceptors (Lipinski definition) is 4. The van der Waals surface area contributed by atoms with Crippen molar-refractivity contribution in [3.05, 3.63) is 52.2 Å². The van der Waals surface area contributed by atoms with Crippen molar-refractivity contribution >= 4 is 47.2 Å². The maximum Gasteiger partial charge on any atom is 0.243 e. The number of carbonyl (C=O) groups excluding carboxylic acids is 1. The topological polar surface area (TPSA) is 57.2 Å². The number of halogens is 1. The molecule has 0 aliphatic rings. The van der Waals surface area contributed by atoms with Gasteiger partial charge < -0.3 is 19.9 Å². The molecule has 0 radical (unpaired) electrons. The van der Waals surface area contributed by atoms with Gasteiger partial charge in [-0.3, -0.25) is 4.79 Å². The number of nitrogens with one attached hydrogen (secondary N) is 1. The van der Waals surface area contributed by atoms with Gasteiger partial charge in [0.05, 0.1) is 7.11 Å². The van der Waals surface area contributed by atoms with E-state index >= 15 is 0 Å². The standard InChI is InChI=1S/C20H28N4O2S.HI/c1-23(2)19(25)14-22-20(21-12-11-18-6-5-13-27-18)24(3)15-16-7-9-17(26-4)10-8-16;/h5-10,13H,11-12,14-15H2,1-4H3,(H,21,22);1H. The second-order valence-corrected chi connectivity index (χ2v) is 7.42. The van der Waals surface area contributed by atoms with Crippen molar-refractivity contribution in [1.29, 1.82) is 0 Å². The Hall–Kier alpha value is -1.81. The molecule has 0 bridgehead atoms. The fourth-order valence-corrected chi connectivity index (χ4v) is 3.14. The second-order valence-electron chi connectivity index (χ2n) is 6.39. The van der Waals surface area contributed by atoms with Crippen molar-refractivity contribution < 1.29 is 9.53 Å². The van der Waals surface area contributed by atoms with Gasteiger partial charge in [0.1, 0.15) is 12.3 Å². The van der Waals surface area contributed by atoms with Gasteiger partial charge in [0.15, 0.2) is 5.96 Å². The van der Waals surface area contributed by atoms with Crippen LogP contribution in [-0.4, -0.2) is 63.0 Å². The van der Waals surface area contributed by atoms with Gasteiger partial charge in [0.25, 0.3) is 0 Å². The van der Waals surface area contributed by atoms with Crippen LogP contribution in [0.2, 0.25) is 0 Å². The molecule has 6 nitrogen and oxygen atoms in total. The van der Waals surface area contributed by atoms with Gasteiger partial charge in [0, 0.05) is 39.1 Å². The second kappa shape index (κ2) is 12.6. The predicted octanol–water partition coefficient (Wildman–Crippen LogP) is 3.08. The zero-order chi connectivity index (χ0) is 19.6. The fraction of sp³-hybridized carbons (Fsp3) is 0.400. The summed E-state index contributed by atoms with van der Waals surface area (Å²) in [6.07, 6.45) is 0.925. The summed E-state index contributed by atoms with van der Waals surface area (Å²) in [6, 6.07) is 12.1. The third-order valence-corrected chi connectivity index (χ3v) is 4.97. The van der Waals surface area contributed by atoms with E-state index in [9.17, 15) is 4.79 Å². The molecule has 0 saturated heterocycles. The van der Waals surface area contributed by atoms with Crippen molar-refractivity contribution in [2.24, 2.45) is 4.99 Å². The third kappa shape index (κ3) is 8.05. The molecule has 154 valence electrons. The Labute approximate surface area is 188 Å². The maximum atomic E-state index is 11.9. The molecule has 1 aromatic carbocycles. The first-order valence-corrected chi connectivity index (χ1v) is 9.72. The van der Waals surface area contributed by atoms with Crippen LogP contribution in [0.5, 0.6) is 5.75 Å². The number of amides is 1. The van der Waals surface area contributed by atoms with E-state index in [1.54, 1.807) is 37.4 Å². The summed E-state index contributed by atoms with van der Waals surface area (Å²) in [5.74, 6) is 1.53. The molecular formula is C20H29IN4O2S. The van der Waals surface area contributed by atoms with Gasteiger partial charge >= 0.3 is 0 Å². The monoisotopic (exact) mass is 516 g/mol. The molecule has 28 heavy (non-hydrogen) atoms. The van der Waals surface area contributed by atoms with Gasteiger partial charge in [-0.15, -0.1) is 35.3 Å². The highest BCUT2D eigenvalue weighted by Crippen LogP contribution is 2.13. The summed E-state index contributed by atoms with van der Waals surface area (Å²) in [5.41, 5.74) is 1.14. The zero-order valence-corrected chi connectivity index (χ0v) is 20.0. The maximum absolute atomic E-state index is 11.9. The minimum Gasteiger partial charge on any atom is -0.497 e. The predicted molar refractivity (Wildman–Crippen MR) is 127 cm³/mol. The zero-order valence-electron chi connectivity index (χ0n) is 16.8. The van der Waals surface area contributed by atoms with Crippen molar-refractivity contribution in [1.82, 2.24) is 15.1 Å². The van der Waals surface area contributed by atoms with Crippen LogP contribution in [0, 0.1) is 0 Å². The molecule has 0 spiro atoms. The van der Waals surface area contributed by atoms with E-state index in [4.69, 9.17) is 4.74 Å². The van der Waals surface area contributed by atoms with E-state index in [0.717, 1.165) is 30.2 Å². The van der Waals surface area contributed by atoms with Crippen molar-refractivity contribution in [3.8, 4) is 5.75 Å². The Morgan fingerprint density at radius 2 is 1.89 bits per heavy atom. The largest absolute Gasteiger partial charge is 0.497 e. The molecule has 2 rings (SSSR count). The summed E-state index contributed by atoms with van der Waals surface area (Å²) in [7, 11) is 7.11. The van der Waals surface area contributed by atoms with E-state index in [1.807, 2.05) is 36.2 Å². The van der Waals surface area contributed by atoms with E-state index in [-0.39, 0.29) is 36.4 Å². The van der Waals surface area contributed by atoms with Gasteiger partial charge in [-0.2, -0.15) is 0 Å². The van der Waals surface area contributed by atoms with Crippen molar-refractivity contribution in [3.63, 3.8) is 0 Å². The summed E-state index contributed by atoms with van der Waals surface area (Å²) in [5, 5.41) is 5.46. The number of thiophene rings is 1. The average molecular weight is 516 g/mol. The summed E-state index contributed by atoms with van der Waals surface area (Å²) >= 11 is 1.75. The Kier molecular flexibility index (Phi) is 10.9. The van der Waals surface area contributed by atoms with Gasteiger partial charge in [-0.1, -0.05) is 18.2 Å². The highest BCUT2D eigenvalue weighted by atomic mass is 127. The number of likely N-dealkylation sites (N-methyl/N-ethyl adjacent to an activating group) is 1. The van der Waals surface area contributed by atoms with Gasteiger partial charge in [0.2, 0.25) is 5.91 Å². The normalized spacial score (nSPS) is 10.8. The number of carbonyl (C=O) groups is 1. The van der Waals surface area contributed by atoms with Crippen LogP contribution in [0.1, 0.15) is 10.4 Å². The van der Waals surface area contributed by atoms with Crippen LogP contribution in [-0.2, 0) is 17.8 Å². The van der Waals surface area contributed by atoms with Crippen molar-refractivity contribution in [2.45, 2.75) is 13.0 Å². The van der Waals surface area contributed by atoms with Crippen molar-refractivity contribution in [2.75, 3.05) is 41.3 Å². The number of nitrogens with zero attached hydrogens (tertiary/aromatic N) is 3. The van der Waals surface area contributed by atoms with Crippen LogP contribution in [0.4, 0.5) is 0 Å². The molecule has 0 fully saturated rings. The summed E-state index contributed by atoms with van der Waals surface area (Å²) < 4.78 is 5.21. The molecule has 0 unspecified atom stereocenters. The molecule has 1 amide bonds. The molecule has 1 N–H and O–H groups in total. The molecular weight excluding hydrogens is 487 g/mol. The number of rotatable bonds is 8. The lowest BCUT2D eigenvalue weighted by Gasteiger charge is -2.23. The van der Waals surface area contributed by atoms with Gasteiger partial charge in [-0.05, 0) is 35.6 Å². The van der Waals surface area contributed by atoms with Crippen LogP contribution in [0.15, 0.2) is 46.8 Å². The lowest BCUT2D eigenvalue weighted by Crippen LogP contribution is -2.40. The molecule has 1 heterocycles. The Morgan fingerprint density at radius 3 is 2.46 bits per heavy atom. The molecule has 1 aromatic heterocycles. The first kappa shape index (κ1) is 24.2. The van der Waals surface area contributed by atoms with Crippen LogP contribution >= 0.6 is 35.3 Å². The van der Waals surface area contributed by atoms with Crippen LogP contribution in [0.3, 0.4) is 0 Å². The molecule has 0 atom stereocenters.